The first-order valence-electron chi connectivity index (χ1n) is 4.34. The highest BCUT2D eigenvalue weighted by Gasteiger charge is 2.58. The maximum Gasteiger partial charge on any atom is 0.428 e. The summed E-state index contributed by atoms with van der Waals surface area (Å²) in [5, 5.41) is 19.9. The zero-order valence-electron chi connectivity index (χ0n) is 8.24. The Kier molecular flexibility index (Phi) is 3.63. The van der Waals surface area contributed by atoms with Crippen molar-refractivity contribution in [1.82, 2.24) is 0 Å². The highest BCUT2D eigenvalue weighted by molar-refractivity contribution is 6.30. The quantitative estimate of drug-likeness (QED) is 0.677. The van der Waals surface area contributed by atoms with Crippen molar-refractivity contribution in [2.75, 3.05) is 6.54 Å². The summed E-state index contributed by atoms with van der Waals surface area (Å²) in [4.78, 5) is 9.00. The van der Waals surface area contributed by atoms with Gasteiger partial charge in [0, 0.05) is 9.95 Å². The van der Waals surface area contributed by atoms with Crippen LogP contribution in [-0.4, -0.2) is 22.8 Å². The van der Waals surface area contributed by atoms with Gasteiger partial charge in [-0.2, -0.15) is 13.2 Å². The molecular formula is C9H7ClF3NO3. The van der Waals surface area contributed by atoms with E-state index in [2.05, 4.69) is 0 Å². The number of nitrogens with zero attached hydrogens (tertiary/aromatic N) is 1. The van der Waals surface area contributed by atoms with Crippen molar-refractivity contribution in [3.05, 3.63) is 45.0 Å². The van der Waals surface area contributed by atoms with Crippen molar-refractivity contribution in [3.63, 3.8) is 0 Å². The van der Waals surface area contributed by atoms with Crippen LogP contribution in [0.5, 0.6) is 0 Å². The summed E-state index contributed by atoms with van der Waals surface area (Å²) in [6.45, 7) is -1.65. The molecule has 0 saturated carbocycles. The van der Waals surface area contributed by atoms with Crippen molar-refractivity contribution in [3.8, 4) is 0 Å². The van der Waals surface area contributed by atoms with Gasteiger partial charge in [-0.15, -0.1) is 0 Å². The second-order valence-electron chi connectivity index (χ2n) is 3.36. The lowest BCUT2D eigenvalue weighted by atomic mass is 9.93. The number of halogens is 4. The van der Waals surface area contributed by atoms with E-state index in [0.29, 0.717) is 0 Å². The zero-order chi connectivity index (χ0) is 13.3. The molecule has 1 atom stereocenters. The summed E-state index contributed by atoms with van der Waals surface area (Å²) in [5.74, 6) is 0. The predicted octanol–water partition coefficient (Wildman–Crippen LogP) is 2.37. The maximum atomic E-state index is 12.7. The van der Waals surface area contributed by atoms with Crippen LogP contribution in [0, 0.1) is 10.1 Å². The topological polar surface area (TPSA) is 63.4 Å². The molecule has 0 aromatic heterocycles. The van der Waals surface area contributed by atoms with Crippen LogP contribution in [0.1, 0.15) is 5.56 Å². The van der Waals surface area contributed by atoms with Gasteiger partial charge in [-0.25, -0.2) is 0 Å². The fourth-order valence-corrected chi connectivity index (χ4v) is 1.38. The molecule has 94 valence electrons. The fourth-order valence-electron chi connectivity index (χ4n) is 1.26. The lowest BCUT2D eigenvalue weighted by molar-refractivity contribution is -0.519. The lowest BCUT2D eigenvalue weighted by Gasteiger charge is -2.26. The number of rotatable bonds is 3. The number of nitro groups is 1. The molecule has 0 fully saturated rings. The van der Waals surface area contributed by atoms with Crippen LogP contribution in [0.4, 0.5) is 13.2 Å². The molecular weight excluding hydrogens is 263 g/mol. The van der Waals surface area contributed by atoms with Gasteiger partial charge in [-0.1, -0.05) is 23.7 Å². The molecule has 1 aromatic rings. The number of alkyl halides is 3. The van der Waals surface area contributed by atoms with E-state index >= 15 is 0 Å². The van der Waals surface area contributed by atoms with Crippen LogP contribution < -0.4 is 0 Å². The van der Waals surface area contributed by atoms with E-state index in [-0.39, 0.29) is 5.02 Å². The maximum absolute atomic E-state index is 12.7. The zero-order valence-corrected chi connectivity index (χ0v) is 9.00. The lowest BCUT2D eigenvalue weighted by Crippen LogP contribution is -2.47. The van der Waals surface area contributed by atoms with Crippen molar-refractivity contribution in [1.29, 1.82) is 0 Å². The van der Waals surface area contributed by atoms with Crippen LogP contribution in [-0.2, 0) is 5.60 Å². The first kappa shape index (κ1) is 13.7. The Morgan fingerprint density at radius 2 is 1.76 bits per heavy atom. The molecule has 1 N–H and O–H groups in total. The summed E-state index contributed by atoms with van der Waals surface area (Å²) >= 11 is 5.48. The molecule has 0 saturated heterocycles. The summed E-state index contributed by atoms with van der Waals surface area (Å²) in [7, 11) is 0. The Bertz CT molecular complexity index is 420. The van der Waals surface area contributed by atoms with Crippen LogP contribution in [0.3, 0.4) is 0 Å². The average molecular weight is 270 g/mol. The Labute approximate surface area is 98.8 Å². The van der Waals surface area contributed by atoms with Gasteiger partial charge in [0.1, 0.15) is 0 Å². The molecule has 4 nitrogen and oxygen atoms in total. The van der Waals surface area contributed by atoms with Gasteiger partial charge in [-0.05, 0) is 17.7 Å². The van der Waals surface area contributed by atoms with E-state index in [4.69, 9.17) is 11.6 Å². The second-order valence-corrected chi connectivity index (χ2v) is 3.79. The van der Waals surface area contributed by atoms with Crippen molar-refractivity contribution < 1.29 is 23.2 Å². The average Bonchev–Trinajstić information content (AvgIpc) is 2.15. The van der Waals surface area contributed by atoms with Gasteiger partial charge in [0.15, 0.2) is 0 Å². The molecule has 0 spiro atoms. The third-order valence-corrected chi connectivity index (χ3v) is 2.40. The van der Waals surface area contributed by atoms with E-state index < -0.39 is 28.8 Å². The molecule has 0 unspecified atom stereocenters. The molecule has 17 heavy (non-hydrogen) atoms. The van der Waals surface area contributed by atoms with E-state index in [0.717, 1.165) is 24.3 Å². The van der Waals surface area contributed by atoms with Gasteiger partial charge in [0.2, 0.25) is 6.54 Å². The largest absolute Gasteiger partial charge is 0.428 e. The first-order valence-corrected chi connectivity index (χ1v) is 4.71. The van der Waals surface area contributed by atoms with Crippen molar-refractivity contribution >= 4 is 11.6 Å². The molecule has 8 heteroatoms. The minimum atomic E-state index is -5.14. The smallest absolute Gasteiger partial charge is 0.371 e. The summed E-state index contributed by atoms with van der Waals surface area (Å²) in [6.07, 6.45) is -5.14. The molecule has 0 aliphatic rings. The normalized spacial score (nSPS) is 15.4. The Morgan fingerprint density at radius 3 is 2.12 bits per heavy atom. The summed E-state index contributed by atoms with van der Waals surface area (Å²) < 4.78 is 38.0. The van der Waals surface area contributed by atoms with Crippen LogP contribution >= 0.6 is 11.6 Å². The minimum Gasteiger partial charge on any atom is -0.371 e. The molecule has 1 rings (SSSR count). The van der Waals surface area contributed by atoms with Crippen molar-refractivity contribution in [2.45, 2.75) is 11.8 Å². The van der Waals surface area contributed by atoms with Gasteiger partial charge >= 0.3 is 6.18 Å². The van der Waals surface area contributed by atoms with Gasteiger partial charge in [0.05, 0.1) is 0 Å². The highest BCUT2D eigenvalue weighted by atomic mass is 35.5. The molecule has 1 aromatic carbocycles. The third kappa shape index (κ3) is 2.86. The van der Waals surface area contributed by atoms with Gasteiger partial charge in [0.25, 0.3) is 5.60 Å². The Morgan fingerprint density at radius 1 is 1.29 bits per heavy atom. The third-order valence-electron chi connectivity index (χ3n) is 2.15. The summed E-state index contributed by atoms with van der Waals surface area (Å²) in [5.41, 5.74) is -4.13. The predicted molar refractivity (Wildman–Crippen MR) is 53.3 cm³/mol. The van der Waals surface area contributed by atoms with Gasteiger partial charge in [-0.3, -0.25) is 10.1 Å². The van der Waals surface area contributed by atoms with E-state index in [1.165, 1.54) is 0 Å². The van der Waals surface area contributed by atoms with Gasteiger partial charge < -0.3 is 5.11 Å². The molecule has 0 bridgehead atoms. The van der Waals surface area contributed by atoms with Crippen molar-refractivity contribution in [2.24, 2.45) is 0 Å². The van der Waals surface area contributed by atoms with Crippen LogP contribution in [0.2, 0.25) is 5.02 Å². The fraction of sp³-hybridized carbons (Fsp3) is 0.333. The monoisotopic (exact) mass is 269 g/mol. The number of hydrogen-bond donors (Lipinski definition) is 1. The standard InChI is InChI=1S/C9H7ClF3NO3/c10-7-3-1-6(2-4-7)8(15,5-14(16)17)9(11,12)13/h1-4,15H,5H2/t8-/m0/s1. The molecule has 0 amide bonds. The van der Waals surface area contributed by atoms with Crippen LogP contribution in [0.15, 0.2) is 24.3 Å². The number of hydrogen-bond acceptors (Lipinski definition) is 3. The number of benzene rings is 1. The first-order chi connectivity index (χ1) is 7.67. The SMILES string of the molecule is O=[N+]([O-])C[C@](O)(c1ccc(Cl)cc1)C(F)(F)F. The Balaban J connectivity index is 3.24. The molecule has 0 heterocycles. The second kappa shape index (κ2) is 4.50. The van der Waals surface area contributed by atoms with E-state index in [1.807, 2.05) is 0 Å². The van der Waals surface area contributed by atoms with E-state index in [9.17, 15) is 28.4 Å². The molecule has 0 aliphatic heterocycles. The number of aliphatic hydroxyl groups is 1. The Hall–Kier alpha value is -1.34. The molecule has 0 radical (unpaired) electrons. The molecule has 0 aliphatic carbocycles. The van der Waals surface area contributed by atoms with Crippen LogP contribution in [0.25, 0.3) is 0 Å². The summed E-state index contributed by atoms with van der Waals surface area (Å²) in [6, 6.07) is 4.04. The van der Waals surface area contributed by atoms with E-state index in [1.54, 1.807) is 0 Å². The highest BCUT2D eigenvalue weighted by Crippen LogP contribution is 2.39. The minimum absolute atomic E-state index is 0.166.